The van der Waals surface area contributed by atoms with Crippen molar-refractivity contribution >= 4 is 27.7 Å². The van der Waals surface area contributed by atoms with Gasteiger partial charge in [0.1, 0.15) is 0 Å². The Labute approximate surface area is 126 Å². The maximum absolute atomic E-state index is 11.9. The minimum Gasteiger partial charge on any atom is -0.351 e. The van der Waals surface area contributed by atoms with E-state index in [-0.39, 0.29) is 24.4 Å². The minimum absolute atomic E-state index is 0.00183. The topological polar surface area (TPSA) is 70.2 Å². The molecule has 2 amide bonds. The first-order chi connectivity index (χ1) is 9.65. The third-order valence-electron chi connectivity index (χ3n) is 3.16. The van der Waals surface area contributed by atoms with Crippen LogP contribution < -0.4 is 16.0 Å². The number of hydrogen-bond donors (Lipinski definition) is 3. The Bertz CT molecular complexity index is 487. The summed E-state index contributed by atoms with van der Waals surface area (Å²) in [5.41, 5.74) is 0.534. The van der Waals surface area contributed by atoms with E-state index < -0.39 is 0 Å². The zero-order chi connectivity index (χ0) is 14.4. The molecule has 1 aromatic rings. The monoisotopic (exact) mass is 339 g/mol. The summed E-state index contributed by atoms with van der Waals surface area (Å²) < 4.78 is 0.836. The number of nitrogens with one attached hydrogen (secondary N) is 3. The van der Waals surface area contributed by atoms with Crippen LogP contribution in [0.25, 0.3) is 0 Å². The molecular formula is C14H18BrN3O2. The van der Waals surface area contributed by atoms with Crippen LogP contribution in [-0.4, -0.2) is 37.5 Å². The fraction of sp³-hybridized carbons (Fsp3) is 0.429. The Morgan fingerprint density at radius 1 is 1.40 bits per heavy atom. The fourth-order valence-corrected chi connectivity index (χ4v) is 2.55. The minimum atomic E-state index is -0.247. The molecular weight excluding hydrogens is 322 g/mol. The molecule has 0 aliphatic carbocycles. The van der Waals surface area contributed by atoms with Gasteiger partial charge in [-0.1, -0.05) is 22.0 Å². The highest BCUT2D eigenvalue weighted by atomic mass is 79.9. The molecule has 1 heterocycles. The van der Waals surface area contributed by atoms with E-state index in [4.69, 9.17) is 0 Å². The Hall–Kier alpha value is -1.40. The van der Waals surface area contributed by atoms with E-state index >= 15 is 0 Å². The average molecular weight is 340 g/mol. The highest BCUT2D eigenvalue weighted by Crippen LogP contribution is 2.11. The predicted molar refractivity (Wildman–Crippen MR) is 80.5 cm³/mol. The van der Waals surface area contributed by atoms with Crippen molar-refractivity contribution in [2.24, 2.45) is 0 Å². The number of carbonyl (C=O) groups excluding carboxylic acids is 2. The van der Waals surface area contributed by atoms with Crippen LogP contribution in [0.15, 0.2) is 28.7 Å². The van der Waals surface area contributed by atoms with Crippen molar-refractivity contribution in [3.8, 4) is 0 Å². The van der Waals surface area contributed by atoms with Gasteiger partial charge in [0, 0.05) is 22.6 Å². The summed E-state index contributed by atoms with van der Waals surface area (Å²) in [5.74, 6) is -0.398. The van der Waals surface area contributed by atoms with Crippen molar-refractivity contribution in [3.63, 3.8) is 0 Å². The molecule has 2 rings (SSSR count). The lowest BCUT2D eigenvalue weighted by atomic mass is 10.1. The van der Waals surface area contributed by atoms with Crippen molar-refractivity contribution in [1.29, 1.82) is 0 Å². The number of benzene rings is 1. The number of rotatable bonds is 4. The van der Waals surface area contributed by atoms with Crippen LogP contribution >= 0.6 is 15.9 Å². The molecule has 1 aromatic carbocycles. The zero-order valence-corrected chi connectivity index (χ0v) is 12.7. The van der Waals surface area contributed by atoms with Crippen LogP contribution in [-0.2, 0) is 4.79 Å². The maximum Gasteiger partial charge on any atom is 0.251 e. The Balaban J connectivity index is 1.76. The molecule has 1 aliphatic heterocycles. The number of carbonyl (C=O) groups is 2. The standard InChI is InChI=1S/C14H18BrN3O2/c15-11-4-1-3-10(7-11)14(20)17-9-13(19)18-12-5-2-6-16-8-12/h1,3-4,7,12,16H,2,5-6,8-9H2,(H,17,20)(H,18,19)/t12-/m0/s1. The van der Waals surface area contributed by atoms with Gasteiger partial charge in [0.25, 0.3) is 5.91 Å². The van der Waals surface area contributed by atoms with Gasteiger partial charge < -0.3 is 16.0 Å². The fourth-order valence-electron chi connectivity index (χ4n) is 2.15. The maximum atomic E-state index is 11.9. The summed E-state index contributed by atoms with van der Waals surface area (Å²) in [6, 6.07) is 7.23. The second kappa shape index (κ2) is 7.40. The lowest BCUT2D eigenvalue weighted by Gasteiger charge is -2.23. The molecule has 0 saturated carbocycles. The quantitative estimate of drug-likeness (QED) is 0.767. The van der Waals surface area contributed by atoms with E-state index in [1.165, 1.54) is 0 Å². The van der Waals surface area contributed by atoms with Crippen LogP contribution in [0.1, 0.15) is 23.2 Å². The van der Waals surface area contributed by atoms with Gasteiger partial charge in [0.05, 0.1) is 6.54 Å². The van der Waals surface area contributed by atoms with Crippen LogP contribution in [0.4, 0.5) is 0 Å². The van der Waals surface area contributed by atoms with Crippen LogP contribution in [0.3, 0.4) is 0 Å². The van der Waals surface area contributed by atoms with Gasteiger partial charge in [-0.2, -0.15) is 0 Å². The van der Waals surface area contributed by atoms with E-state index in [1.807, 2.05) is 6.07 Å². The molecule has 3 N–H and O–H groups in total. The molecule has 0 radical (unpaired) electrons. The van der Waals surface area contributed by atoms with Gasteiger partial charge in [-0.25, -0.2) is 0 Å². The largest absolute Gasteiger partial charge is 0.351 e. The smallest absolute Gasteiger partial charge is 0.251 e. The van der Waals surface area contributed by atoms with Gasteiger partial charge in [-0.15, -0.1) is 0 Å². The zero-order valence-electron chi connectivity index (χ0n) is 11.1. The van der Waals surface area contributed by atoms with Crippen LogP contribution in [0.2, 0.25) is 0 Å². The average Bonchev–Trinajstić information content (AvgIpc) is 2.46. The lowest BCUT2D eigenvalue weighted by molar-refractivity contribution is -0.120. The molecule has 0 bridgehead atoms. The van der Waals surface area contributed by atoms with E-state index in [0.717, 1.165) is 30.4 Å². The first-order valence-electron chi connectivity index (χ1n) is 6.69. The van der Waals surface area contributed by atoms with Gasteiger partial charge in [0.15, 0.2) is 0 Å². The summed E-state index contributed by atoms with van der Waals surface area (Å²) >= 11 is 3.31. The van der Waals surface area contributed by atoms with Crippen molar-refractivity contribution in [2.75, 3.05) is 19.6 Å². The highest BCUT2D eigenvalue weighted by molar-refractivity contribution is 9.10. The lowest BCUT2D eigenvalue weighted by Crippen LogP contribution is -2.48. The van der Waals surface area contributed by atoms with Crippen molar-refractivity contribution < 1.29 is 9.59 Å². The molecule has 1 atom stereocenters. The molecule has 108 valence electrons. The third-order valence-corrected chi connectivity index (χ3v) is 3.65. The Morgan fingerprint density at radius 2 is 2.25 bits per heavy atom. The molecule has 0 aromatic heterocycles. The van der Waals surface area contributed by atoms with Gasteiger partial charge in [-0.05, 0) is 37.6 Å². The SMILES string of the molecule is O=C(CNC(=O)c1cccc(Br)c1)N[C@H]1CCCNC1. The van der Waals surface area contributed by atoms with Gasteiger partial charge in [-0.3, -0.25) is 9.59 Å². The van der Waals surface area contributed by atoms with E-state index in [9.17, 15) is 9.59 Å². The Kier molecular flexibility index (Phi) is 5.55. The molecule has 20 heavy (non-hydrogen) atoms. The number of hydrogen-bond acceptors (Lipinski definition) is 3. The summed E-state index contributed by atoms with van der Waals surface area (Å²) in [4.78, 5) is 23.6. The summed E-state index contributed by atoms with van der Waals surface area (Å²) in [6.07, 6.45) is 2.05. The highest BCUT2D eigenvalue weighted by Gasteiger charge is 2.15. The molecule has 0 unspecified atom stereocenters. The van der Waals surface area contributed by atoms with Crippen molar-refractivity contribution in [3.05, 3.63) is 34.3 Å². The first-order valence-corrected chi connectivity index (χ1v) is 7.48. The number of halogens is 1. The molecule has 6 heteroatoms. The van der Waals surface area contributed by atoms with Crippen molar-refractivity contribution in [1.82, 2.24) is 16.0 Å². The van der Waals surface area contributed by atoms with Gasteiger partial charge in [0.2, 0.25) is 5.91 Å². The molecule has 1 fully saturated rings. The predicted octanol–water partition coefficient (Wildman–Crippen LogP) is 1.05. The van der Waals surface area contributed by atoms with E-state index in [2.05, 4.69) is 31.9 Å². The normalized spacial score (nSPS) is 18.4. The van der Waals surface area contributed by atoms with E-state index in [1.54, 1.807) is 18.2 Å². The number of amides is 2. The molecule has 5 nitrogen and oxygen atoms in total. The molecule has 1 saturated heterocycles. The second-order valence-corrected chi connectivity index (χ2v) is 5.72. The Morgan fingerprint density at radius 3 is 2.95 bits per heavy atom. The summed E-state index contributed by atoms with van der Waals surface area (Å²) in [5, 5.41) is 8.76. The molecule has 0 spiro atoms. The van der Waals surface area contributed by atoms with E-state index in [0.29, 0.717) is 5.56 Å². The summed E-state index contributed by atoms with van der Waals surface area (Å²) in [6.45, 7) is 1.80. The first kappa shape index (κ1) is 15.0. The van der Waals surface area contributed by atoms with Crippen LogP contribution in [0, 0.1) is 0 Å². The third kappa shape index (κ3) is 4.61. The second-order valence-electron chi connectivity index (χ2n) is 4.80. The van der Waals surface area contributed by atoms with Crippen molar-refractivity contribution in [2.45, 2.75) is 18.9 Å². The van der Waals surface area contributed by atoms with Crippen LogP contribution in [0.5, 0.6) is 0 Å². The number of piperidine rings is 1. The van der Waals surface area contributed by atoms with Gasteiger partial charge >= 0.3 is 0 Å². The molecule has 1 aliphatic rings. The summed E-state index contributed by atoms with van der Waals surface area (Å²) in [7, 11) is 0.